The minimum absolute atomic E-state index is 1.04. The third-order valence-electron chi connectivity index (χ3n) is 2.07. The van der Waals surface area contributed by atoms with Gasteiger partial charge >= 0.3 is 0 Å². The number of allylic oxidation sites excluding steroid dienone is 5. The lowest BCUT2D eigenvalue weighted by atomic mass is 10.1. The first-order chi connectivity index (χ1) is 6.35. The van der Waals surface area contributed by atoms with Gasteiger partial charge in [-0.2, -0.15) is 0 Å². The van der Waals surface area contributed by atoms with Crippen LogP contribution in [0.15, 0.2) is 36.5 Å². The smallest absolute Gasteiger partial charge is 0.0142 e. The first-order valence-corrected chi connectivity index (χ1v) is 5.25. The van der Waals surface area contributed by atoms with Crippen LogP contribution in [0.1, 0.15) is 46.0 Å². The lowest BCUT2D eigenvalue weighted by Crippen LogP contribution is -1.80. The summed E-state index contributed by atoms with van der Waals surface area (Å²) < 4.78 is 0. The molecule has 0 unspecified atom stereocenters. The van der Waals surface area contributed by atoms with E-state index in [1.807, 2.05) is 6.08 Å². The molecule has 0 spiro atoms. The Morgan fingerprint density at radius 2 is 1.92 bits per heavy atom. The second-order valence-electron chi connectivity index (χ2n) is 3.24. The fourth-order valence-corrected chi connectivity index (χ4v) is 1.22. The highest BCUT2D eigenvalue weighted by atomic mass is 14.0. The van der Waals surface area contributed by atoms with Crippen molar-refractivity contribution >= 4 is 0 Å². The molecule has 0 radical (unpaired) electrons. The van der Waals surface area contributed by atoms with Crippen LogP contribution in [0.25, 0.3) is 0 Å². The highest BCUT2D eigenvalue weighted by molar-refractivity contribution is 5.06. The maximum Gasteiger partial charge on any atom is -0.0142 e. The summed E-state index contributed by atoms with van der Waals surface area (Å²) in [6.07, 6.45) is 14.6. The highest BCUT2D eigenvalue weighted by Crippen LogP contribution is 2.10. The SMILES string of the molecule is C=CC/C(=C\C)CC/C=C\CCC. The highest BCUT2D eigenvalue weighted by Gasteiger charge is 1.90. The number of hydrogen-bond acceptors (Lipinski definition) is 0. The number of rotatable bonds is 7. The molecule has 0 aromatic rings. The summed E-state index contributed by atoms with van der Waals surface area (Å²) in [5.74, 6) is 0. The van der Waals surface area contributed by atoms with Crippen LogP contribution in [-0.2, 0) is 0 Å². The Bertz CT molecular complexity index is 172. The fraction of sp³-hybridized carbons (Fsp3) is 0.538. The lowest BCUT2D eigenvalue weighted by molar-refractivity contribution is 0.913. The number of hydrogen-bond donors (Lipinski definition) is 0. The molecule has 0 nitrogen and oxygen atoms in total. The van der Waals surface area contributed by atoms with E-state index in [0.717, 1.165) is 6.42 Å². The quantitative estimate of drug-likeness (QED) is 0.498. The largest absolute Gasteiger partial charge is 0.103 e. The molecule has 0 saturated carbocycles. The van der Waals surface area contributed by atoms with Crippen LogP contribution in [0.2, 0.25) is 0 Å². The van der Waals surface area contributed by atoms with Crippen LogP contribution in [0, 0.1) is 0 Å². The summed E-state index contributed by atoms with van der Waals surface area (Å²) in [5.41, 5.74) is 1.50. The van der Waals surface area contributed by atoms with Crippen molar-refractivity contribution in [2.75, 3.05) is 0 Å². The lowest BCUT2D eigenvalue weighted by Gasteiger charge is -2.00. The van der Waals surface area contributed by atoms with Crippen LogP contribution < -0.4 is 0 Å². The second-order valence-corrected chi connectivity index (χ2v) is 3.24. The Hall–Kier alpha value is -0.780. The molecular weight excluding hydrogens is 156 g/mol. The summed E-state index contributed by atoms with van der Waals surface area (Å²) in [6.45, 7) is 8.06. The summed E-state index contributed by atoms with van der Waals surface area (Å²) in [5, 5.41) is 0. The van der Waals surface area contributed by atoms with Gasteiger partial charge in [-0.15, -0.1) is 6.58 Å². The molecule has 0 aliphatic carbocycles. The molecule has 0 aromatic carbocycles. The normalized spacial score (nSPS) is 12.3. The molecule has 0 aromatic heterocycles. The molecule has 0 fully saturated rings. The summed E-state index contributed by atoms with van der Waals surface area (Å²) in [7, 11) is 0. The molecule has 0 heteroatoms. The Kier molecular flexibility index (Phi) is 8.75. The van der Waals surface area contributed by atoms with Gasteiger partial charge in [0.1, 0.15) is 0 Å². The monoisotopic (exact) mass is 178 g/mol. The van der Waals surface area contributed by atoms with Crippen LogP contribution in [0.5, 0.6) is 0 Å². The van der Waals surface area contributed by atoms with E-state index in [0.29, 0.717) is 0 Å². The van der Waals surface area contributed by atoms with Gasteiger partial charge in [0, 0.05) is 0 Å². The van der Waals surface area contributed by atoms with Gasteiger partial charge in [-0.1, -0.05) is 43.2 Å². The van der Waals surface area contributed by atoms with Gasteiger partial charge in [0.05, 0.1) is 0 Å². The van der Waals surface area contributed by atoms with Gasteiger partial charge in [-0.05, 0) is 32.6 Å². The van der Waals surface area contributed by atoms with E-state index in [-0.39, 0.29) is 0 Å². The average Bonchev–Trinajstić information content (AvgIpc) is 2.16. The molecule has 13 heavy (non-hydrogen) atoms. The Morgan fingerprint density at radius 3 is 2.46 bits per heavy atom. The van der Waals surface area contributed by atoms with Gasteiger partial charge in [-0.3, -0.25) is 0 Å². The van der Waals surface area contributed by atoms with Crippen molar-refractivity contribution in [1.82, 2.24) is 0 Å². The molecule has 0 saturated heterocycles. The van der Waals surface area contributed by atoms with Crippen molar-refractivity contribution in [1.29, 1.82) is 0 Å². The van der Waals surface area contributed by atoms with Crippen LogP contribution >= 0.6 is 0 Å². The zero-order valence-electron chi connectivity index (χ0n) is 9.05. The molecule has 0 bridgehead atoms. The maximum absolute atomic E-state index is 3.75. The first kappa shape index (κ1) is 12.2. The van der Waals surface area contributed by atoms with E-state index in [1.54, 1.807) is 0 Å². The molecular formula is C13H22. The third-order valence-corrected chi connectivity index (χ3v) is 2.07. The van der Waals surface area contributed by atoms with E-state index in [9.17, 15) is 0 Å². The topological polar surface area (TPSA) is 0 Å². The Balaban J connectivity index is 3.55. The summed E-state index contributed by atoms with van der Waals surface area (Å²) >= 11 is 0. The van der Waals surface area contributed by atoms with E-state index >= 15 is 0 Å². The van der Waals surface area contributed by atoms with Crippen LogP contribution in [0.4, 0.5) is 0 Å². The van der Waals surface area contributed by atoms with Crippen molar-refractivity contribution in [3.63, 3.8) is 0 Å². The van der Waals surface area contributed by atoms with Gasteiger partial charge in [0.25, 0.3) is 0 Å². The van der Waals surface area contributed by atoms with Gasteiger partial charge < -0.3 is 0 Å². The van der Waals surface area contributed by atoms with Crippen LogP contribution in [0.3, 0.4) is 0 Å². The molecule has 0 amide bonds. The number of unbranched alkanes of at least 4 members (excludes halogenated alkanes) is 1. The van der Waals surface area contributed by atoms with E-state index in [2.05, 4.69) is 38.7 Å². The molecule has 0 N–H and O–H groups in total. The molecule has 0 heterocycles. The van der Waals surface area contributed by atoms with E-state index in [1.165, 1.54) is 31.3 Å². The fourth-order valence-electron chi connectivity index (χ4n) is 1.22. The zero-order valence-corrected chi connectivity index (χ0v) is 9.05. The maximum atomic E-state index is 3.75. The first-order valence-electron chi connectivity index (χ1n) is 5.25. The van der Waals surface area contributed by atoms with Crippen molar-refractivity contribution in [3.05, 3.63) is 36.5 Å². The Morgan fingerprint density at radius 1 is 1.23 bits per heavy atom. The van der Waals surface area contributed by atoms with Gasteiger partial charge in [0.2, 0.25) is 0 Å². The summed E-state index contributed by atoms with van der Waals surface area (Å²) in [6, 6.07) is 0. The van der Waals surface area contributed by atoms with Crippen molar-refractivity contribution < 1.29 is 0 Å². The van der Waals surface area contributed by atoms with Crippen molar-refractivity contribution in [3.8, 4) is 0 Å². The molecule has 74 valence electrons. The standard InChI is InChI=1S/C13H22/c1-4-7-8-9-10-12-13(6-3)11-5-2/h5-6,8-9H,2,4,7,10-12H2,1,3H3/b9-8-,13-6+. The minimum Gasteiger partial charge on any atom is -0.103 e. The Labute approximate surface area is 83.0 Å². The zero-order chi connectivity index (χ0) is 9.94. The van der Waals surface area contributed by atoms with Crippen LogP contribution in [-0.4, -0.2) is 0 Å². The predicted octanol–water partition coefficient (Wildman–Crippen LogP) is 4.65. The average molecular weight is 178 g/mol. The van der Waals surface area contributed by atoms with Gasteiger partial charge in [0.15, 0.2) is 0 Å². The molecule has 0 aliphatic heterocycles. The molecule has 0 rings (SSSR count). The predicted molar refractivity (Wildman–Crippen MR) is 61.9 cm³/mol. The second kappa shape index (κ2) is 9.31. The molecule has 0 atom stereocenters. The van der Waals surface area contributed by atoms with Crippen molar-refractivity contribution in [2.45, 2.75) is 46.0 Å². The minimum atomic E-state index is 1.04. The van der Waals surface area contributed by atoms with Crippen molar-refractivity contribution in [2.24, 2.45) is 0 Å². The summed E-state index contributed by atoms with van der Waals surface area (Å²) in [4.78, 5) is 0. The van der Waals surface area contributed by atoms with E-state index in [4.69, 9.17) is 0 Å². The van der Waals surface area contributed by atoms with E-state index < -0.39 is 0 Å². The molecule has 0 aliphatic rings. The third kappa shape index (κ3) is 7.58. The van der Waals surface area contributed by atoms with Gasteiger partial charge in [-0.25, -0.2) is 0 Å².